The Labute approximate surface area is 226 Å². The second-order valence-corrected chi connectivity index (χ2v) is 10.0. The molecular weight excluding hydrogens is 512 g/mol. The number of fused-ring (bicyclic) bond motifs is 3. The number of benzene rings is 2. The number of hydrogen-bond acceptors (Lipinski definition) is 3. The van der Waals surface area contributed by atoms with Gasteiger partial charge in [-0.3, -0.25) is 10.1 Å². The third-order valence-corrected chi connectivity index (χ3v) is 7.33. The minimum Gasteiger partial charge on any atom is -0.449 e. The first-order valence-corrected chi connectivity index (χ1v) is 13.8. The molecular formula is C29H34ClF2N3O3. The molecule has 0 bridgehead atoms. The molecule has 4 rings (SSSR count). The second-order valence-electron chi connectivity index (χ2n) is 9.75. The van der Waals surface area contributed by atoms with Crippen molar-refractivity contribution >= 4 is 40.2 Å². The van der Waals surface area contributed by atoms with E-state index in [2.05, 4.69) is 24.1 Å². The fourth-order valence-electron chi connectivity index (χ4n) is 5.28. The Morgan fingerprint density at radius 3 is 2.53 bits per heavy atom. The van der Waals surface area contributed by atoms with Crippen LogP contribution in [0.4, 0.5) is 19.3 Å². The van der Waals surface area contributed by atoms with Gasteiger partial charge >= 0.3 is 6.09 Å². The lowest BCUT2D eigenvalue weighted by molar-refractivity contribution is -0.133. The fourth-order valence-corrected chi connectivity index (χ4v) is 5.41. The number of carbonyl (C=O) groups is 2. The molecule has 6 nitrogen and oxygen atoms in total. The number of hydrogen-bond donors (Lipinski definition) is 2. The van der Waals surface area contributed by atoms with Crippen molar-refractivity contribution in [3.63, 3.8) is 0 Å². The lowest BCUT2D eigenvalue weighted by Gasteiger charge is -2.42. The Bertz CT molecular complexity index is 1280. The maximum absolute atomic E-state index is 14.8. The quantitative estimate of drug-likeness (QED) is 0.205. The van der Waals surface area contributed by atoms with E-state index in [9.17, 15) is 18.4 Å². The minimum absolute atomic E-state index is 0.181. The molecule has 9 heteroatoms. The van der Waals surface area contributed by atoms with Gasteiger partial charge in [-0.25, -0.2) is 13.6 Å². The van der Waals surface area contributed by atoms with Crippen LogP contribution in [0.1, 0.15) is 75.2 Å². The van der Waals surface area contributed by atoms with Crippen molar-refractivity contribution in [2.75, 3.05) is 17.8 Å². The Hall–Kier alpha value is -3.13. The summed E-state index contributed by atoms with van der Waals surface area (Å²) in [5.74, 6) is -1.74. The van der Waals surface area contributed by atoms with Crippen LogP contribution in [0.2, 0.25) is 0 Å². The van der Waals surface area contributed by atoms with E-state index in [0.717, 1.165) is 55.7 Å². The van der Waals surface area contributed by atoms with Crippen molar-refractivity contribution in [1.29, 1.82) is 0 Å². The highest BCUT2D eigenvalue weighted by molar-refractivity contribution is 6.27. The molecule has 1 aromatic heterocycles. The third-order valence-electron chi connectivity index (χ3n) is 7.10. The van der Waals surface area contributed by atoms with E-state index >= 15 is 0 Å². The normalized spacial score (nSPS) is 16.9. The van der Waals surface area contributed by atoms with Crippen LogP contribution in [-0.4, -0.2) is 40.4 Å². The van der Waals surface area contributed by atoms with Gasteiger partial charge in [-0.1, -0.05) is 51.7 Å². The van der Waals surface area contributed by atoms with Gasteiger partial charge in [0.15, 0.2) is 0 Å². The summed E-state index contributed by atoms with van der Waals surface area (Å²) in [6, 6.07) is 8.57. The number of anilines is 1. The van der Waals surface area contributed by atoms with Gasteiger partial charge in [0.1, 0.15) is 17.5 Å². The van der Waals surface area contributed by atoms with Crippen LogP contribution < -0.4 is 5.32 Å². The first kappa shape index (κ1) is 27.9. The molecule has 2 amide bonds. The molecule has 2 N–H and O–H groups in total. The summed E-state index contributed by atoms with van der Waals surface area (Å²) in [6.45, 7) is 4.51. The van der Waals surface area contributed by atoms with Crippen LogP contribution in [0.15, 0.2) is 36.4 Å². The van der Waals surface area contributed by atoms with E-state index < -0.39 is 23.8 Å². The van der Waals surface area contributed by atoms with Crippen LogP contribution in [0.5, 0.6) is 0 Å². The van der Waals surface area contributed by atoms with Crippen molar-refractivity contribution < 1.29 is 23.1 Å². The van der Waals surface area contributed by atoms with E-state index in [1.165, 1.54) is 6.07 Å². The summed E-state index contributed by atoms with van der Waals surface area (Å²) in [5, 5.41) is 3.22. The third kappa shape index (κ3) is 5.96. The zero-order valence-corrected chi connectivity index (χ0v) is 22.5. The van der Waals surface area contributed by atoms with Crippen LogP contribution in [0.25, 0.3) is 10.9 Å². The first-order chi connectivity index (χ1) is 18.4. The SMILES string of the molecule is CCCCCOC(=O)Nc1ccc([C@H]2c3[nH]c4c(F)cc(F)cc4c3C[C@H](CCCC)N2C(=O)CCl)cc1. The summed E-state index contributed by atoms with van der Waals surface area (Å²) in [6.07, 6.45) is 5.37. The van der Waals surface area contributed by atoms with Gasteiger partial charge in [0.25, 0.3) is 0 Å². The number of alkyl halides is 1. The molecule has 2 aromatic carbocycles. The lowest BCUT2D eigenvalue weighted by atomic mass is 9.86. The molecule has 204 valence electrons. The molecule has 0 fully saturated rings. The maximum Gasteiger partial charge on any atom is 0.411 e. The molecule has 0 unspecified atom stereocenters. The monoisotopic (exact) mass is 545 g/mol. The van der Waals surface area contributed by atoms with Gasteiger partial charge < -0.3 is 14.6 Å². The largest absolute Gasteiger partial charge is 0.449 e. The lowest BCUT2D eigenvalue weighted by Crippen LogP contribution is -2.48. The molecule has 0 saturated heterocycles. The number of nitrogens with zero attached hydrogens (tertiary/aromatic N) is 1. The van der Waals surface area contributed by atoms with Gasteiger partial charge in [-0.05, 0) is 48.6 Å². The summed E-state index contributed by atoms with van der Waals surface area (Å²) < 4.78 is 34.2. The molecule has 0 saturated carbocycles. The molecule has 0 radical (unpaired) electrons. The maximum atomic E-state index is 14.8. The number of rotatable bonds is 10. The average Bonchev–Trinajstić information content (AvgIpc) is 3.27. The summed E-state index contributed by atoms with van der Waals surface area (Å²) in [7, 11) is 0. The predicted molar refractivity (Wildman–Crippen MR) is 146 cm³/mol. The van der Waals surface area contributed by atoms with Crippen molar-refractivity contribution in [1.82, 2.24) is 9.88 Å². The number of carbonyl (C=O) groups excluding carboxylic acids is 2. The topological polar surface area (TPSA) is 74.4 Å². The minimum atomic E-state index is -0.675. The molecule has 2 heterocycles. The number of aromatic amines is 1. The predicted octanol–water partition coefficient (Wildman–Crippen LogP) is 7.46. The Morgan fingerprint density at radius 2 is 1.84 bits per heavy atom. The van der Waals surface area contributed by atoms with Crippen molar-refractivity contribution in [3.8, 4) is 0 Å². The molecule has 1 aliphatic rings. The van der Waals surface area contributed by atoms with Gasteiger partial charge in [0, 0.05) is 28.9 Å². The fraction of sp³-hybridized carbons (Fsp3) is 0.448. The van der Waals surface area contributed by atoms with Gasteiger partial charge in [-0.15, -0.1) is 11.6 Å². The highest BCUT2D eigenvalue weighted by Gasteiger charge is 2.40. The highest BCUT2D eigenvalue weighted by atomic mass is 35.5. The second kappa shape index (κ2) is 12.6. The summed E-state index contributed by atoms with van der Waals surface area (Å²) >= 11 is 6.06. The van der Waals surface area contributed by atoms with E-state index in [0.29, 0.717) is 29.8 Å². The van der Waals surface area contributed by atoms with Gasteiger partial charge in [0.2, 0.25) is 5.91 Å². The summed E-state index contributed by atoms with van der Waals surface area (Å²) in [4.78, 5) is 30.3. The molecule has 1 aliphatic heterocycles. The van der Waals surface area contributed by atoms with E-state index in [1.54, 1.807) is 17.0 Å². The Kier molecular flexibility index (Phi) is 9.26. The Balaban J connectivity index is 1.71. The van der Waals surface area contributed by atoms with Crippen LogP contribution in [-0.2, 0) is 16.0 Å². The van der Waals surface area contributed by atoms with Crippen molar-refractivity contribution in [3.05, 3.63) is 64.9 Å². The van der Waals surface area contributed by atoms with E-state index in [1.807, 2.05) is 12.1 Å². The number of nitrogens with one attached hydrogen (secondary N) is 2. The van der Waals surface area contributed by atoms with Crippen LogP contribution in [0.3, 0.4) is 0 Å². The number of amides is 2. The molecule has 3 aromatic rings. The van der Waals surface area contributed by atoms with E-state index in [-0.39, 0.29) is 23.3 Å². The molecule has 0 spiro atoms. The zero-order valence-electron chi connectivity index (χ0n) is 21.8. The summed E-state index contributed by atoms with van der Waals surface area (Å²) in [5.41, 5.74) is 2.99. The smallest absolute Gasteiger partial charge is 0.411 e. The number of unbranched alkanes of at least 4 members (excludes halogenated alkanes) is 3. The number of ether oxygens (including phenoxy) is 1. The van der Waals surface area contributed by atoms with Crippen molar-refractivity contribution in [2.45, 2.75) is 70.9 Å². The van der Waals surface area contributed by atoms with Gasteiger partial charge in [0.05, 0.1) is 18.2 Å². The number of H-pyrrole nitrogens is 1. The first-order valence-electron chi connectivity index (χ1n) is 13.3. The standard InChI is InChI=1S/C29H34ClF2N3O3/c1-3-5-7-13-38-29(37)33-20-11-9-18(10-12-20)28-27-23(22-14-19(31)15-24(32)26(22)34-27)16-21(8-6-4-2)35(28)25(36)17-30/h9-12,14-15,21,28,34H,3-8,13,16-17H2,1-2H3,(H,33,37)/t21-,28-/m0/s1. The number of aromatic nitrogens is 1. The number of halogens is 3. The van der Waals surface area contributed by atoms with Crippen LogP contribution >= 0.6 is 11.6 Å². The van der Waals surface area contributed by atoms with Gasteiger partial charge in [-0.2, -0.15) is 0 Å². The Morgan fingerprint density at radius 1 is 1.11 bits per heavy atom. The zero-order chi connectivity index (χ0) is 27.2. The average molecular weight is 546 g/mol. The molecule has 38 heavy (non-hydrogen) atoms. The van der Waals surface area contributed by atoms with E-state index in [4.69, 9.17) is 16.3 Å². The highest BCUT2D eigenvalue weighted by Crippen LogP contribution is 2.43. The molecule has 0 aliphatic carbocycles. The van der Waals surface area contributed by atoms with Crippen molar-refractivity contribution in [2.24, 2.45) is 0 Å². The molecule has 2 atom stereocenters. The van der Waals surface area contributed by atoms with Crippen LogP contribution in [0, 0.1) is 11.6 Å².